The summed E-state index contributed by atoms with van der Waals surface area (Å²) in [5, 5.41) is 24.4. The van der Waals surface area contributed by atoms with E-state index in [2.05, 4.69) is 10.6 Å². The summed E-state index contributed by atoms with van der Waals surface area (Å²) in [6, 6.07) is 13.9. The summed E-state index contributed by atoms with van der Waals surface area (Å²) in [5.74, 6) is -1.15. The molecule has 9 heteroatoms. The molecule has 9 nitrogen and oxygen atoms in total. The van der Waals surface area contributed by atoms with E-state index in [1.54, 1.807) is 24.3 Å². The Morgan fingerprint density at radius 2 is 1.74 bits per heavy atom. The van der Waals surface area contributed by atoms with Crippen LogP contribution in [0.3, 0.4) is 0 Å². The van der Waals surface area contributed by atoms with Crippen molar-refractivity contribution < 1.29 is 34.1 Å². The third kappa shape index (κ3) is 7.11. The zero-order chi connectivity index (χ0) is 25.4. The Morgan fingerprint density at radius 3 is 2.34 bits per heavy atom. The van der Waals surface area contributed by atoms with Gasteiger partial charge in [-0.3, -0.25) is 14.4 Å². The van der Waals surface area contributed by atoms with Gasteiger partial charge in [-0.15, -0.1) is 0 Å². The number of ether oxygens (including phenoxy) is 2. The van der Waals surface area contributed by atoms with Gasteiger partial charge in [0.1, 0.15) is 18.4 Å². The topological polar surface area (TPSA) is 137 Å². The molecule has 1 fully saturated rings. The van der Waals surface area contributed by atoms with Gasteiger partial charge in [-0.1, -0.05) is 50.2 Å². The summed E-state index contributed by atoms with van der Waals surface area (Å²) >= 11 is 0. The average molecular weight is 485 g/mol. The molecule has 1 aliphatic rings. The van der Waals surface area contributed by atoms with E-state index < -0.39 is 48.5 Å². The second kappa shape index (κ2) is 11.9. The minimum atomic E-state index is -1.29. The van der Waals surface area contributed by atoms with Crippen molar-refractivity contribution in [2.75, 3.05) is 19.8 Å². The molecule has 0 unspecified atom stereocenters. The van der Waals surface area contributed by atoms with Crippen LogP contribution in [0.15, 0.2) is 54.6 Å². The van der Waals surface area contributed by atoms with Crippen LogP contribution in [0.4, 0.5) is 0 Å². The Hall–Kier alpha value is -3.27. The van der Waals surface area contributed by atoms with Crippen LogP contribution in [-0.2, 0) is 20.9 Å². The third-order valence-corrected chi connectivity index (χ3v) is 5.69. The van der Waals surface area contributed by atoms with Gasteiger partial charge >= 0.3 is 0 Å². The fraction of sp³-hybridized carbons (Fsp3) is 0.423. The van der Waals surface area contributed by atoms with Crippen LogP contribution in [0, 0.1) is 5.92 Å². The van der Waals surface area contributed by atoms with E-state index in [0.717, 1.165) is 5.56 Å². The zero-order valence-corrected chi connectivity index (χ0v) is 19.9. The van der Waals surface area contributed by atoms with Crippen LogP contribution in [0.25, 0.3) is 0 Å². The molecule has 1 saturated heterocycles. The molecule has 4 N–H and O–H groups in total. The van der Waals surface area contributed by atoms with E-state index >= 15 is 0 Å². The molecule has 0 bridgehead atoms. The quantitative estimate of drug-likeness (QED) is 0.314. The minimum Gasteiger partial charge on any atom is -0.489 e. The summed E-state index contributed by atoms with van der Waals surface area (Å²) in [4.78, 5) is 38.4. The van der Waals surface area contributed by atoms with E-state index in [4.69, 9.17) is 9.47 Å². The SMILES string of the molecule is CC(C)C[C@H](NC(=O)[C@H](CO)NC(=O)c1cccc(OCc2ccccc2)c1)C(=O)[C@@]1(CO)CO1. The largest absolute Gasteiger partial charge is 0.489 e. The van der Waals surface area contributed by atoms with Gasteiger partial charge in [0.2, 0.25) is 5.91 Å². The van der Waals surface area contributed by atoms with Crippen LogP contribution in [0.5, 0.6) is 5.75 Å². The number of rotatable bonds is 13. The molecule has 0 aromatic heterocycles. The van der Waals surface area contributed by atoms with E-state index in [9.17, 15) is 24.6 Å². The average Bonchev–Trinajstić information content (AvgIpc) is 3.67. The van der Waals surface area contributed by atoms with E-state index in [1.165, 1.54) is 0 Å². The predicted octanol–water partition coefficient (Wildman–Crippen LogP) is 1.22. The van der Waals surface area contributed by atoms with Gasteiger partial charge in [0.25, 0.3) is 5.91 Å². The van der Waals surface area contributed by atoms with E-state index in [0.29, 0.717) is 18.8 Å². The number of hydrogen-bond donors (Lipinski definition) is 4. The molecule has 1 aliphatic heterocycles. The molecule has 188 valence electrons. The van der Waals surface area contributed by atoms with Crippen molar-refractivity contribution >= 4 is 17.6 Å². The van der Waals surface area contributed by atoms with E-state index in [1.807, 2.05) is 44.2 Å². The summed E-state index contributed by atoms with van der Waals surface area (Å²) in [6.45, 7) is 3.08. The maximum absolute atomic E-state index is 12.8. The highest BCUT2D eigenvalue weighted by atomic mass is 16.6. The maximum atomic E-state index is 12.8. The summed E-state index contributed by atoms with van der Waals surface area (Å²) < 4.78 is 10.9. The normalized spacial score (nSPS) is 18.4. The molecule has 0 saturated carbocycles. The van der Waals surface area contributed by atoms with Crippen LogP contribution in [0.1, 0.15) is 36.2 Å². The fourth-order valence-electron chi connectivity index (χ4n) is 3.60. The minimum absolute atomic E-state index is 0.0690. The molecular formula is C26H32N2O7. The number of aliphatic hydroxyl groups is 2. The summed E-state index contributed by atoms with van der Waals surface area (Å²) in [6.07, 6.45) is 0.322. The molecule has 2 amide bonds. The van der Waals surface area contributed by atoms with E-state index in [-0.39, 0.29) is 18.1 Å². The Balaban J connectivity index is 1.62. The number of carbonyl (C=O) groups excluding carboxylic acids is 3. The van der Waals surface area contributed by atoms with Gasteiger partial charge in [0.15, 0.2) is 11.4 Å². The smallest absolute Gasteiger partial charge is 0.252 e. The number of hydrogen-bond acceptors (Lipinski definition) is 7. The second-order valence-corrected chi connectivity index (χ2v) is 9.01. The van der Waals surface area contributed by atoms with Gasteiger partial charge in [0.05, 0.1) is 25.9 Å². The van der Waals surface area contributed by atoms with Crippen molar-refractivity contribution in [2.24, 2.45) is 5.92 Å². The molecule has 1 heterocycles. The summed E-state index contributed by atoms with van der Waals surface area (Å²) in [7, 11) is 0. The number of epoxide rings is 1. The molecule has 35 heavy (non-hydrogen) atoms. The first-order valence-electron chi connectivity index (χ1n) is 11.6. The van der Waals surface area contributed by atoms with Crippen LogP contribution >= 0.6 is 0 Å². The number of carbonyl (C=O) groups is 3. The first kappa shape index (κ1) is 26.3. The van der Waals surface area contributed by atoms with Crippen molar-refractivity contribution in [3.05, 3.63) is 65.7 Å². The first-order valence-corrected chi connectivity index (χ1v) is 11.6. The highest BCUT2D eigenvalue weighted by Gasteiger charge is 2.54. The molecule has 0 radical (unpaired) electrons. The Labute approximate surface area is 204 Å². The van der Waals surface area contributed by atoms with Crippen LogP contribution in [0.2, 0.25) is 0 Å². The number of benzene rings is 2. The number of nitrogens with one attached hydrogen (secondary N) is 2. The molecular weight excluding hydrogens is 452 g/mol. The van der Waals surface area contributed by atoms with Crippen LogP contribution in [-0.4, -0.2) is 65.3 Å². The van der Waals surface area contributed by atoms with Crippen LogP contribution < -0.4 is 15.4 Å². The van der Waals surface area contributed by atoms with Gasteiger partial charge in [0, 0.05) is 5.56 Å². The standard InChI is InChI=1S/C26H32N2O7/c1-17(2)11-21(23(31)26(15-30)16-35-26)27-25(33)22(13-29)28-24(32)19-9-6-10-20(12-19)34-14-18-7-4-3-5-8-18/h3-10,12,17,21-22,29-30H,11,13-16H2,1-2H3,(H,27,33)(H,28,32)/t21-,22-,26+/m0/s1. The number of ketones is 1. The molecule has 0 spiro atoms. The molecule has 3 atom stereocenters. The van der Waals surface area contributed by atoms with Gasteiger partial charge in [-0.25, -0.2) is 0 Å². The van der Waals surface area contributed by atoms with Crippen molar-refractivity contribution in [3.8, 4) is 5.75 Å². The second-order valence-electron chi connectivity index (χ2n) is 9.01. The van der Waals surface area contributed by atoms with Gasteiger partial charge in [-0.05, 0) is 36.1 Å². The lowest BCUT2D eigenvalue weighted by molar-refractivity contribution is -0.133. The lowest BCUT2D eigenvalue weighted by Crippen LogP contribution is -2.55. The fourth-order valence-corrected chi connectivity index (χ4v) is 3.60. The highest BCUT2D eigenvalue weighted by Crippen LogP contribution is 2.30. The molecule has 3 rings (SSSR count). The van der Waals surface area contributed by atoms with Crippen molar-refractivity contribution in [1.82, 2.24) is 10.6 Å². The number of amides is 2. The van der Waals surface area contributed by atoms with Crippen molar-refractivity contribution in [2.45, 2.75) is 44.6 Å². The summed E-state index contributed by atoms with van der Waals surface area (Å²) in [5.41, 5.74) is -0.0583. The maximum Gasteiger partial charge on any atom is 0.252 e. The van der Waals surface area contributed by atoms with Gasteiger partial charge < -0.3 is 30.3 Å². The van der Waals surface area contributed by atoms with Crippen molar-refractivity contribution in [3.63, 3.8) is 0 Å². The molecule has 0 aliphatic carbocycles. The predicted molar refractivity (Wildman–Crippen MR) is 128 cm³/mol. The Kier molecular flexibility index (Phi) is 8.97. The number of aliphatic hydroxyl groups excluding tert-OH is 2. The van der Waals surface area contributed by atoms with Gasteiger partial charge in [-0.2, -0.15) is 0 Å². The lowest BCUT2D eigenvalue weighted by Gasteiger charge is -2.24. The third-order valence-electron chi connectivity index (χ3n) is 5.69. The Bertz CT molecular complexity index is 1020. The first-order chi connectivity index (χ1) is 16.8. The highest BCUT2D eigenvalue weighted by molar-refractivity contribution is 6.00. The molecule has 2 aromatic carbocycles. The monoisotopic (exact) mass is 484 g/mol. The zero-order valence-electron chi connectivity index (χ0n) is 19.9. The lowest BCUT2D eigenvalue weighted by atomic mass is 9.92. The number of Topliss-reactive ketones (excluding diaryl/α,β-unsaturated/α-hetero) is 1. The Morgan fingerprint density at radius 1 is 1.03 bits per heavy atom. The van der Waals surface area contributed by atoms with Crippen molar-refractivity contribution in [1.29, 1.82) is 0 Å². The molecule has 2 aromatic rings.